The lowest BCUT2D eigenvalue weighted by Gasteiger charge is -2.32. The molecule has 0 radical (unpaired) electrons. The van der Waals surface area contributed by atoms with E-state index in [0.717, 1.165) is 13.1 Å². The molecule has 1 unspecified atom stereocenters. The first-order valence-corrected chi connectivity index (χ1v) is 5.86. The minimum atomic E-state index is -4.16. The lowest BCUT2D eigenvalue weighted by Crippen LogP contribution is -2.46. The van der Waals surface area contributed by atoms with Crippen molar-refractivity contribution in [3.8, 4) is 0 Å². The van der Waals surface area contributed by atoms with Crippen molar-refractivity contribution in [2.75, 3.05) is 39.3 Å². The average molecular weight is 250 g/mol. The number of rotatable bonds is 2. The standard InChI is InChI=1S/C11H17F3N2O/c12-11(13,14)9-1-4-16(5-2-9)8-10-7-15-3-6-17-10/h1,10,15H,2-8H2. The van der Waals surface area contributed by atoms with Crippen LogP contribution in [-0.2, 0) is 4.74 Å². The largest absolute Gasteiger partial charge is 0.412 e. The molecule has 6 heteroatoms. The fourth-order valence-electron chi connectivity index (χ4n) is 2.16. The fraction of sp³-hybridized carbons (Fsp3) is 0.818. The number of morpholine rings is 1. The van der Waals surface area contributed by atoms with Crippen molar-refractivity contribution >= 4 is 0 Å². The molecule has 1 atom stereocenters. The van der Waals surface area contributed by atoms with E-state index in [1.807, 2.05) is 4.90 Å². The summed E-state index contributed by atoms with van der Waals surface area (Å²) in [6.07, 6.45) is -2.68. The minimum absolute atomic E-state index is 0.0870. The number of ether oxygens (including phenoxy) is 1. The average Bonchev–Trinajstić information content (AvgIpc) is 2.30. The number of halogens is 3. The summed E-state index contributed by atoms with van der Waals surface area (Å²) < 4.78 is 42.7. The lowest BCUT2D eigenvalue weighted by atomic mass is 10.1. The molecule has 0 aromatic carbocycles. The molecule has 1 fully saturated rings. The summed E-state index contributed by atoms with van der Waals surface area (Å²) in [5.74, 6) is 0. The quantitative estimate of drug-likeness (QED) is 0.745. The van der Waals surface area contributed by atoms with Crippen molar-refractivity contribution in [3.63, 3.8) is 0 Å². The Hall–Kier alpha value is -0.590. The van der Waals surface area contributed by atoms with Crippen molar-refractivity contribution in [2.45, 2.75) is 18.7 Å². The molecular weight excluding hydrogens is 233 g/mol. The van der Waals surface area contributed by atoms with Crippen LogP contribution in [-0.4, -0.2) is 56.5 Å². The van der Waals surface area contributed by atoms with Crippen molar-refractivity contribution in [1.82, 2.24) is 10.2 Å². The number of hydrogen-bond donors (Lipinski definition) is 1. The van der Waals surface area contributed by atoms with Crippen LogP contribution in [0.5, 0.6) is 0 Å². The van der Waals surface area contributed by atoms with Gasteiger partial charge >= 0.3 is 6.18 Å². The van der Waals surface area contributed by atoms with Gasteiger partial charge in [-0.2, -0.15) is 13.2 Å². The van der Waals surface area contributed by atoms with Crippen LogP contribution < -0.4 is 5.32 Å². The minimum Gasteiger partial charge on any atom is -0.374 e. The van der Waals surface area contributed by atoms with Crippen LogP contribution in [0.3, 0.4) is 0 Å². The highest BCUT2D eigenvalue weighted by Gasteiger charge is 2.35. The zero-order valence-electron chi connectivity index (χ0n) is 9.59. The highest BCUT2D eigenvalue weighted by atomic mass is 19.4. The Labute approximate surface area is 98.6 Å². The molecule has 2 heterocycles. The molecule has 3 nitrogen and oxygen atoms in total. The number of nitrogens with one attached hydrogen (secondary N) is 1. The van der Waals surface area contributed by atoms with Crippen LogP contribution in [0, 0.1) is 0 Å². The molecule has 17 heavy (non-hydrogen) atoms. The van der Waals surface area contributed by atoms with E-state index in [1.165, 1.54) is 6.08 Å². The summed E-state index contributed by atoms with van der Waals surface area (Å²) in [4.78, 5) is 2.01. The highest BCUT2D eigenvalue weighted by Crippen LogP contribution is 2.30. The zero-order chi connectivity index (χ0) is 12.3. The smallest absolute Gasteiger partial charge is 0.374 e. The summed E-state index contributed by atoms with van der Waals surface area (Å²) >= 11 is 0. The van der Waals surface area contributed by atoms with E-state index in [9.17, 15) is 13.2 Å². The molecule has 2 aliphatic rings. The van der Waals surface area contributed by atoms with Crippen molar-refractivity contribution in [3.05, 3.63) is 11.6 Å². The Balaban J connectivity index is 1.80. The van der Waals surface area contributed by atoms with Gasteiger partial charge in [-0.05, 0) is 6.42 Å². The van der Waals surface area contributed by atoms with Crippen LogP contribution in [0.1, 0.15) is 6.42 Å². The highest BCUT2D eigenvalue weighted by molar-refractivity contribution is 5.13. The molecule has 0 aliphatic carbocycles. The van der Waals surface area contributed by atoms with E-state index in [1.54, 1.807) is 0 Å². The SMILES string of the molecule is FC(F)(F)C1=CCN(CC2CNCCO2)CC1. The fourth-order valence-corrected chi connectivity index (χ4v) is 2.16. The van der Waals surface area contributed by atoms with E-state index in [0.29, 0.717) is 26.2 Å². The molecular formula is C11H17F3N2O. The first-order chi connectivity index (χ1) is 8.05. The molecule has 0 bridgehead atoms. The van der Waals surface area contributed by atoms with Crippen molar-refractivity contribution in [1.29, 1.82) is 0 Å². The zero-order valence-corrected chi connectivity index (χ0v) is 9.59. The molecule has 2 rings (SSSR count). The summed E-state index contributed by atoms with van der Waals surface area (Å²) in [5.41, 5.74) is -0.392. The third kappa shape index (κ3) is 3.69. The Kier molecular flexibility index (Phi) is 4.06. The maximum atomic E-state index is 12.4. The summed E-state index contributed by atoms with van der Waals surface area (Å²) in [6, 6.07) is 0. The Morgan fingerprint density at radius 1 is 1.47 bits per heavy atom. The molecule has 0 aromatic heterocycles. The monoisotopic (exact) mass is 250 g/mol. The van der Waals surface area contributed by atoms with Crippen LogP contribution in [0.2, 0.25) is 0 Å². The van der Waals surface area contributed by atoms with Gasteiger partial charge in [0.2, 0.25) is 0 Å². The van der Waals surface area contributed by atoms with Gasteiger partial charge in [0.05, 0.1) is 12.7 Å². The second-order valence-corrected chi connectivity index (χ2v) is 4.43. The van der Waals surface area contributed by atoms with Crippen molar-refractivity contribution < 1.29 is 17.9 Å². The van der Waals surface area contributed by atoms with Crippen LogP contribution in [0.25, 0.3) is 0 Å². The molecule has 2 aliphatic heterocycles. The van der Waals surface area contributed by atoms with E-state index < -0.39 is 11.7 Å². The molecule has 0 amide bonds. The Morgan fingerprint density at radius 3 is 2.82 bits per heavy atom. The number of hydrogen-bond acceptors (Lipinski definition) is 3. The van der Waals surface area contributed by atoms with Gasteiger partial charge in [-0.1, -0.05) is 6.08 Å². The van der Waals surface area contributed by atoms with Gasteiger partial charge in [-0.25, -0.2) is 0 Å². The predicted molar refractivity (Wildman–Crippen MR) is 57.8 cm³/mol. The second kappa shape index (κ2) is 5.37. The van der Waals surface area contributed by atoms with Crippen LogP contribution >= 0.6 is 0 Å². The van der Waals surface area contributed by atoms with Gasteiger partial charge < -0.3 is 10.1 Å². The van der Waals surface area contributed by atoms with E-state index in [-0.39, 0.29) is 12.5 Å². The summed E-state index contributed by atoms with van der Waals surface area (Å²) in [5, 5.41) is 3.21. The molecule has 0 spiro atoms. The molecule has 0 saturated carbocycles. The first kappa shape index (κ1) is 12.9. The van der Waals surface area contributed by atoms with Gasteiger partial charge in [0.25, 0.3) is 0 Å². The van der Waals surface area contributed by atoms with Gasteiger partial charge in [-0.15, -0.1) is 0 Å². The third-order valence-electron chi connectivity index (χ3n) is 3.12. The van der Waals surface area contributed by atoms with Gasteiger partial charge in [-0.3, -0.25) is 4.90 Å². The first-order valence-electron chi connectivity index (χ1n) is 5.86. The van der Waals surface area contributed by atoms with Crippen molar-refractivity contribution in [2.24, 2.45) is 0 Å². The maximum absolute atomic E-state index is 12.4. The summed E-state index contributed by atoms with van der Waals surface area (Å²) in [6.45, 7) is 3.86. The van der Waals surface area contributed by atoms with E-state index in [4.69, 9.17) is 4.74 Å². The van der Waals surface area contributed by atoms with Crippen LogP contribution in [0.4, 0.5) is 13.2 Å². The van der Waals surface area contributed by atoms with Gasteiger partial charge in [0.1, 0.15) is 0 Å². The number of alkyl halides is 3. The van der Waals surface area contributed by atoms with Crippen LogP contribution in [0.15, 0.2) is 11.6 Å². The Morgan fingerprint density at radius 2 is 2.29 bits per heavy atom. The normalized spacial score (nSPS) is 27.9. The Bertz CT molecular complexity index is 285. The number of nitrogens with zero attached hydrogens (tertiary/aromatic N) is 1. The predicted octanol–water partition coefficient (Wildman–Crippen LogP) is 1.17. The lowest BCUT2D eigenvalue weighted by molar-refractivity contribution is -0.0964. The van der Waals surface area contributed by atoms with Gasteiger partial charge in [0.15, 0.2) is 0 Å². The molecule has 98 valence electrons. The maximum Gasteiger partial charge on any atom is 0.412 e. The van der Waals surface area contributed by atoms with Gasteiger partial charge in [0, 0.05) is 38.3 Å². The molecule has 1 saturated heterocycles. The topological polar surface area (TPSA) is 24.5 Å². The summed E-state index contributed by atoms with van der Waals surface area (Å²) in [7, 11) is 0. The second-order valence-electron chi connectivity index (χ2n) is 4.43. The molecule has 1 N–H and O–H groups in total. The van der Waals surface area contributed by atoms with E-state index >= 15 is 0 Å². The third-order valence-corrected chi connectivity index (χ3v) is 3.12. The molecule has 0 aromatic rings. The van der Waals surface area contributed by atoms with E-state index in [2.05, 4.69) is 5.32 Å².